The minimum absolute atomic E-state index is 0.0961. The van der Waals surface area contributed by atoms with Gasteiger partial charge >= 0.3 is 0 Å². The number of aromatic nitrogens is 2. The van der Waals surface area contributed by atoms with Gasteiger partial charge in [-0.3, -0.25) is 9.59 Å². The zero-order valence-corrected chi connectivity index (χ0v) is 15.8. The van der Waals surface area contributed by atoms with Gasteiger partial charge in [0.1, 0.15) is 11.6 Å². The van der Waals surface area contributed by atoms with E-state index < -0.39 is 5.92 Å². The lowest BCUT2D eigenvalue weighted by molar-refractivity contribution is -0.123. The van der Waals surface area contributed by atoms with E-state index in [4.69, 9.17) is 0 Å². The van der Waals surface area contributed by atoms with E-state index >= 15 is 0 Å². The van der Waals surface area contributed by atoms with Gasteiger partial charge in [-0.2, -0.15) is 0 Å². The molecule has 0 saturated heterocycles. The van der Waals surface area contributed by atoms with Crippen LogP contribution in [0.25, 0.3) is 22.4 Å². The highest BCUT2D eigenvalue weighted by Crippen LogP contribution is 2.33. The molecule has 1 atom stereocenters. The van der Waals surface area contributed by atoms with Crippen molar-refractivity contribution in [3.8, 4) is 11.4 Å². The number of fused-ring (bicyclic) bond motifs is 2. The molecule has 1 aromatic heterocycles. The zero-order valence-electron chi connectivity index (χ0n) is 15.8. The van der Waals surface area contributed by atoms with Gasteiger partial charge in [-0.05, 0) is 42.0 Å². The highest BCUT2D eigenvalue weighted by atomic mass is 19.1. The number of imidazole rings is 1. The maximum atomic E-state index is 13.5. The molecule has 0 radical (unpaired) electrons. The van der Waals surface area contributed by atoms with Gasteiger partial charge in [0.25, 0.3) is 0 Å². The number of carbonyl (C=O) groups is 2. The van der Waals surface area contributed by atoms with Crippen LogP contribution in [0.2, 0.25) is 0 Å². The molecule has 0 aliphatic carbocycles. The first kappa shape index (κ1) is 18.1. The van der Waals surface area contributed by atoms with Gasteiger partial charge in [-0.15, -0.1) is 0 Å². The van der Waals surface area contributed by atoms with Crippen molar-refractivity contribution in [2.45, 2.75) is 12.3 Å². The molecule has 1 unspecified atom stereocenters. The second-order valence-electron chi connectivity index (χ2n) is 7.21. The SMILES string of the molecule is O=C1CC(C(=O)Nc2ccc3nc(-c4cccc(F)c4)[nH]c3c2)c2ccccc2N1. The summed E-state index contributed by atoms with van der Waals surface area (Å²) in [6.07, 6.45) is 0.0961. The molecule has 7 heteroatoms. The van der Waals surface area contributed by atoms with Gasteiger partial charge in [0.15, 0.2) is 0 Å². The average molecular weight is 400 g/mol. The zero-order chi connectivity index (χ0) is 20.7. The number of H-pyrrole nitrogens is 1. The fourth-order valence-electron chi connectivity index (χ4n) is 3.73. The van der Waals surface area contributed by atoms with Crippen molar-refractivity contribution in [1.82, 2.24) is 9.97 Å². The lowest BCUT2D eigenvalue weighted by Gasteiger charge is -2.24. The van der Waals surface area contributed by atoms with Gasteiger partial charge in [-0.1, -0.05) is 30.3 Å². The third kappa shape index (κ3) is 3.30. The number of aromatic amines is 1. The van der Waals surface area contributed by atoms with Crippen molar-refractivity contribution in [2.75, 3.05) is 10.6 Å². The lowest BCUT2D eigenvalue weighted by Crippen LogP contribution is -2.30. The molecule has 1 aliphatic heterocycles. The summed E-state index contributed by atoms with van der Waals surface area (Å²) in [7, 11) is 0. The largest absolute Gasteiger partial charge is 0.338 e. The summed E-state index contributed by atoms with van der Waals surface area (Å²) in [6, 6.07) is 18.8. The van der Waals surface area contributed by atoms with Crippen LogP contribution < -0.4 is 10.6 Å². The Morgan fingerprint density at radius 2 is 1.93 bits per heavy atom. The summed E-state index contributed by atoms with van der Waals surface area (Å²) in [5, 5.41) is 5.69. The maximum absolute atomic E-state index is 13.5. The monoisotopic (exact) mass is 400 g/mol. The van der Waals surface area contributed by atoms with Crippen LogP contribution >= 0.6 is 0 Å². The van der Waals surface area contributed by atoms with Gasteiger partial charge in [0.05, 0.1) is 17.0 Å². The molecule has 6 nitrogen and oxygen atoms in total. The first-order valence-electron chi connectivity index (χ1n) is 9.52. The van der Waals surface area contributed by atoms with Crippen LogP contribution in [-0.2, 0) is 9.59 Å². The van der Waals surface area contributed by atoms with Gasteiger partial charge < -0.3 is 15.6 Å². The van der Waals surface area contributed by atoms with Crippen LogP contribution in [0.3, 0.4) is 0 Å². The Kier molecular flexibility index (Phi) is 4.28. The van der Waals surface area contributed by atoms with Crippen molar-refractivity contribution in [3.05, 3.63) is 78.1 Å². The Bertz CT molecular complexity index is 1300. The molecule has 3 N–H and O–H groups in total. The van der Waals surface area contributed by atoms with Gasteiger partial charge in [0.2, 0.25) is 11.8 Å². The maximum Gasteiger partial charge on any atom is 0.232 e. The van der Waals surface area contributed by atoms with Crippen LogP contribution in [0.1, 0.15) is 17.9 Å². The van der Waals surface area contributed by atoms with Gasteiger partial charge in [-0.25, -0.2) is 9.37 Å². The van der Waals surface area contributed by atoms with E-state index in [0.717, 1.165) is 5.56 Å². The molecule has 2 amide bonds. The Hall–Kier alpha value is -4.00. The third-order valence-electron chi connectivity index (χ3n) is 5.16. The molecule has 2 heterocycles. The highest BCUT2D eigenvalue weighted by molar-refractivity contribution is 6.05. The summed E-state index contributed by atoms with van der Waals surface area (Å²) in [5.41, 5.74) is 4.11. The minimum Gasteiger partial charge on any atom is -0.338 e. The van der Waals surface area contributed by atoms with E-state index in [9.17, 15) is 14.0 Å². The molecule has 1 aliphatic rings. The number of anilines is 2. The van der Waals surface area contributed by atoms with Crippen LogP contribution in [0.5, 0.6) is 0 Å². The summed E-state index contributed by atoms with van der Waals surface area (Å²) in [4.78, 5) is 32.6. The molecule has 0 saturated carbocycles. The predicted molar refractivity (Wildman–Crippen MR) is 113 cm³/mol. The number of rotatable bonds is 3. The number of carbonyl (C=O) groups excluding carboxylic acids is 2. The normalized spacial score (nSPS) is 15.5. The quantitative estimate of drug-likeness (QED) is 0.475. The summed E-state index contributed by atoms with van der Waals surface area (Å²) in [5.74, 6) is -0.780. The average Bonchev–Trinajstić information content (AvgIpc) is 3.16. The van der Waals surface area contributed by atoms with E-state index in [1.807, 2.05) is 18.2 Å². The van der Waals surface area contributed by atoms with Crippen LogP contribution in [0, 0.1) is 5.82 Å². The number of nitrogens with one attached hydrogen (secondary N) is 3. The number of amides is 2. The molecule has 0 spiro atoms. The molecule has 0 bridgehead atoms. The van der Waals surface area contributed by atoms with E-state index in [-0.39, 0.29) is 24.1 Å². The summed E-state index contributed by atoms with van der Waals surface area (Å²) in [6.45, 7) is 0. The molecule has 0 fully saturated rings. The number of halogens is 1. The van der Waals surface area contributed by atoms with Crippen molar-refractivity contribution in [1.29, 1.82) is 0 Å². The number of hydrogen-bond donors (Lipinski definition) is 3. The molecular weight excluding hydrogens is 383 g/mol. The van der Waals surface area contributed by atoms with Crippen molar-refractivity contribution in [3.63, 3.8) is 0 Å². The number of hydrogen-bond acceptors (Lipinski definition) is 3. The predicted octanol–water partition coefficient (Wildman–Crippen LogP) is 4.43. The molecule has 30 heavy (non-hydrogen) atoms. The second-order valence-corrected chi connectivity index (χ2v) is 7.21. The Morgan fingerprint density at radius 1 is 1.07 bits per heavy atom. The number of nitrogens with zero attached hydrogens (tertiary/aromatic N) is 1. The smallest absolute Gasteiger partial charge is 0.232 e. The second kappa shape index (κ2) is 7.11. The number of para-hydroxylation sites is 1. The molecule has 148 valence electrons. The van der Waals surface area contributed by atoms with Crippen LogP contribution in [0.15, 0.2) is 66.7 Å². The van der Waals surface area contributed by atoms with Crippen molar-refractivity contribution in [2.24, 2.45) is 0 Å². The minimum atomic E-state index is -0.560. The fraction of sp³-hybridized carbons (Fsp3) is 0.0870. The Labute approximate surface area is 171 Å². The van der Waals surface area contributed by atoms with Crippen LogP contribution in [-0.4, -0.2) is 21.8 Å². The first-order chi connectivity index (χ1) is 14.6. The standard InChI is InChI=1S/C23H17FN4O2/c24-14-5-3-4-13(10-14)22-27-19-9-8-15(11-20(19)28-22)25-23(30)17-12-21(29)26-18-7-2-1-6-16(17)18/h1-11,17H,12H2,(H,25,30)(H,26,29)(H,27,28). The van der Waals surface area contributed by atoms with Gasteiger partial charge in [0, 0.05) is 23.4 Å². The first-order valence-corrected chi connectivity index (χ1v) is 9.52. The molecular formula is C23H17FN4O2. The van der Waals surface area contributed by atoms with E-state index in [2.05, 4.69) is 20.6 Å². The van der Waals surface area contributed by atoms with E-state index in [1.54, 1.807) is 36.4 Å². The Morgan fingerprint density at radius 3 is 2.80 bits per heavy atom. The summed E-state index contributed by atoms with van der Waals surface area (Å²) < 4.78 is 13.5. The highest BCUT2D eigenvalue weighted by Gasteiger charge is 2.30. The summed E-state index contributed by atoms with van der Waals surface area (Å²) >= 11 is 0. The van der Waals surface area contributed by atoms with E-state index in [1.165, 1.54) is 12.1 Å². The molecule has 4 aromatic rings. The topological polar surface area (TPSA) is 86.9 Å². The third-order valence-corrected chi connectivity index (χ3v) is 5.16. The van der Waals surface area contributed by atoms with Crippen molar-refractivity contribution < 1.29 is 14.0 Å². The van der Waals surface area contributed by atoms with E-state index in [0.29, 0.717) is 33.8 Å². The fourth-order valence-corrected chi connectivity index (χ4v) is 3.73. The number of benzene rings is 3. The molecule has 3 aromatic carbocycles. The van der Waals surface area contributed by atoms with Crippen LogP contribution in [0.4, 0.5) is 15.8 Å². The lowest BCUT2D eigenvalue weighted by atomic mass is 9.90. The molecule has 5 rings (SSSR count). The Balaban J connectivity index is 1.42. The van der Waals surface area contributed by atoms with Crippen molar-refractivity contribution >= 4 is 34.2 Å².